The summed E-state index contributed by atoms with van der Waals surface area (Å²) in [5.41, 5.74) is 0. The normalized spacial score (nSPS) is 22.6. The van der Waals surface area contributed by atoms with Crippen molar-refractivity contribution in [2.75, 3.05) is 19.1 Å². The Hall–Kier alpha value is -0.280. The molecule has 1 rings (SSSR count). The van der Waals surface area contributed by atoms with Gasteiger partial charge in [-0.15, -0.1) is 11.6 Å². The number of ether oxygens (including phenoxy) is 2. The maximum absolute atomic E-state index is 11.1. The van der Waals surface area contributed by atoms with Gasteiger partial charge in [0.15, 0.2) is 6.10 Å². The topological polar surface area (TPSA) is 35.5 Å². The van der Waals surface area contributed by atoms with E-state index in [0.29, 0.717) is 25.5 Å². The Morgan fingerprint density at radius 3 is 3.08 bits per heavy atom. The lowest BCUT2D eigenvalue weighted by molar-refractivity contribution is -0.154. The molecule has 4 heteroatoms. The monoisotopic (exact) mass is 192 g/mol. The third-order valence-corrected chi connectivity index (χ3v) is 1.98. The summed E-state index contributed by atoms with van der Waals surface area (Å²) < 4.78 is 10.1. The van der Waals surface area contributed by atoms with Crippen LogP contribution in [-0.4, -0.2) is 31.2 Å². The summed E-state index contributed by atoms with van der Waals surface area (Å²) in [6.07, 6.45) is 2.13. The number of hydrogen-bond acceptors (Lipinski definition) is 3. The molecule has 0 radical (unpaired) electrons. The molecular formula is C8H13ClO3. The first kappa shape index (κ1) is 9.81. The van der Waals surface area contributed by atoms with Crippen molar-refractivity contribution in [3.05, 3.63) is 0 Å². The van der Waals surface area contributed by atoms with E-state index in [1.807, 2.05) is 0 Å². The molecule has 0 bridgehead atoms. The SMILES string of the molecule is O=C(OCCCCl)C1CCCO1. The van der Waals surface area contributed by atoms with Crippen molar-refractivity contribution in [1.82, 2.24) is 0 Å². The van der Waals surface area contributed by atoms with Crippen molar-refractivity contribution >= 4 is 17.6 Å². The minimum atomic E-state index is -0.319. The Kier molecular flexibility index (Phi) is 4.40. The van der Waals surface area contributed by atoms with Crippen molar-refractivity contribution in [1.29, 1.82) is 0 Å². The quantitative estimate of drug-likeness (QED) is 0.383. The molecule has 1 aliphatic rings. The van der Waals surface area contributed by atoms with Crippen molar-refractivity contribution in [3.8, 4) is 0 Å². The highest BCUT2D eigenvalue weighted by Crippen LogP contribution is 2.13. The van der Waals surface area contributed by atoms with Crippen LogP contribution in [0.25, 0.3) is 0 Å². The Bertz CT molecular complexity index is 143. The number of esters is 1. The Morgan fingerprint density at radius 2 is 2.50 bits per heavy atom. The number of carbonyl (C=O) groups excluding carboxylic acids is 1. The van der Waals surface area contributed by atoms with Crippen molar-refractivity contribution in [2.24, 2.45) is 0 Å². The van der Waals surface area contributed by atoms with Gasteiger partial charge in [0.1, 0.15) is 0 Å². The average Bonchev–Trinajstić information content (AvgIpc) is 2.56. The van der Waals surface area contributed by atoms with Gasteiger partial charge in [-0.2, -0.15) is 0 Å². The van der Waals surface area contributed by atoms with Gasteiger partial charge in [0, 0.05) is 12.5 Å². The maximum atomic E-state index is 11.1. The Labute approximate surface area is 77.0 Å². The molecule has 70 valence electrons. The lowest BCUT2D eigenvalue weighted by Gasteiger charge is -2.08. The fraction of sp³-hybridized carbons (Fsp3) is 0.875. The fourth-order valence-corrected chi connectivity index (χ4v) is 1.19. The van der Waals surface area contributed by atoms with Crippen LogP contribution in [0.4, 0.5) is 0 Å². The molecule has 0 amide bonds. The zero-order valence-corrected chi connectivity index (χ0v) is 7.68. The smallest absolute Gasteiger partial charge is 0.335 e. The van der Waals surface area contributed by atoms with E-state index >= 15 is 0 Å². The Balaban J connectivity index is 2.10. The Morgan fingerprint density at radius 1 is 1.67 bits per heavy atom. The van der Waals surface area contributed by atoms with Gasteiger partial charge < -0.3 is 9.47 Å². The lowest BCUT2D eigenvalue weighted by Crippen LogP contribution is -2.22. The van der Waals surface area contributed by atoms with Gasteiger partial charge in [0.25, 0.3) is 0 Å². The van der Waals surface area contributed by atoms with Gasteiger partial charge in [-0.05, 0) is 19.3 Å². The predicted molar refractivity (Wildman–Crippen MR) is 45.3 cm³/mol. The number of halogens is 1. The molecule has 0 saturated carbocycles. The van der Waals surface area contributed by atoms with Gasteiger partial charge in [-0.3, -0.25) is 0 Å². The molecule has 1 unspecified atom stereocenters. The first-order chi connectivity index (χ1) is 5.84. The summed E-state index contributed by atoms with van der Waals surface area (Å²) in [6.45, 7) is 1.08. The van der Waals surface area contributed by atoms with Gasteiger partial charge in [0.05, 0.1) is 6.61 Å². The average molecular weight is 193 g/mol. The second-order valence-corrected chi connectivity index (χ2v) is 3.09. The molecule has 1 aliphatic heterocycles. The first-order valence-electron chi connectivity index (χ1n) is 4.19. The van der Waals surface area contributed by atoms with Gasteiger partial charge in [-0.1, -0.05) is 0 Å². The summed E-state index contributed by atoms with van der Waals surface area (Å²) in [6, 6.07) is 0. The van der Waals surface area contributed by atoms with Crippen molar-refractivity contribution in [3.63, 3.8) is 0 Å². The summed E-state index contributed by atoms with van der Waals surface area (Å²) in [7, 11) is 0. The zero-order valence-electron chi connectivity index (χ0n) is 6.92. The summed E-state index contributed by atoms with van der Waals surface area (Å²) in [4.78, 5) is 11.1. The summed E-state index contributed by atoms with van der Waals surface area (Å²) in [5.74, 6) is 0.288. The number of rotatable bonds is 4. The van der Waals surface area contributed by atoms with Gasteiger partial charge in [-0.25, -0.2) is 4.79 Å². The molecule has 0 N–H and O–H groups in total. The van der Waals surface area contributed by atoms with E-state index < -0.39 is 0 Å². The minimum Gasteiger partial charge on any atom is -0.464 e. The van der Waals surface area contributed by atoms with Crippen LogP contribution in [0.2, 0.25) is 0 Å². The highest BCUT2D eigenvalue weighted by atomic mass is 35.5. The molecule has 0 aromatic heterocycles. The zero-order chi connectivity index (χ0) is 8.81. The number of carbonyl (C=O) groups is 1. The predicted octanol–water partition coefficient (Wildman–Crippen LogP) is 1.34. The van der Waals surface area contributed by atoms with E-state index in [4.69, 9.17) is 21.1 Å². The van der Waals surface area contributed by atoms with E-state index in [0.717, 1.165) is 12.8 Å². The second kappa shape index (κ2) is 5.38. The van der Waals surface area contributed by atoms with Crippen LogP contribution in [0.1, 0.15) is 19.3 Å². The summed E-state index contributed by atoms with van der Waals surface area (Å²) in [5, 5.41) is 0. The largest absolute Gasteiger partial charge is 0.464 e. The summed E-state index contributed by atoms with van der Waals surface area (Å²) >= 11 is 5.42. The molecule has 1 heterocycles. The number of alkyl halides is 1. The second-order valence-electron chi connectivity index (χ2n) is 2.71. The van der Waals surface area contributed by atoms with E-state index in [2.05, 4.69) is 0 Å². The lowest BCUT2D eigenvalue weighted by atomic mass is 10.2. The molecule has 0 aliphatic carbocycles. The van der Waals surface area contributed by atoms with Crippen LogP contribution in [0.5, 0.6) is 0 Å². The van der Waals surface area contributed by atoms with E-state index in [9.17, 15) is 4.79 Å². The molecule has 1 fully saturated rings. The molecule has 12 heavy (non-hydrogen) atoms. The molecule has 3 nitrogen and oxygen atoms in total. The molecule has 1 saturated heterocycles. The van der Waals surface area contributed by atoms with Crippen LogP contribution in [0.15, 0.2) is 0 Å². The van der Waals surface area contributed by atoms with E-state index in [-0.39, 0.29) is 12.1 Å². The van der Waals surface area contributed by atoms with E-state index in [1.54, 1.807) is 0 Å². The third-order valence-electron chi connectivity index (χ3n) is 1.71. The minimum absolute atomic E-state index is 0.238. The highest BCUT2D eigenvalue weighted by Gasteiger charge is 2.24. The maximum Gasteiger partial charge on any atom is 0.335 e. The van der Waals surface area contributed by atoms with Crippen LogP contribution in [0.3, 0.4) is 0 Å². The van der Waals surface area contributed by atoms with Crippen molar-refractivity contribution < 1.29 is 14.3 Å². The standard InChI is InChI=1S/C8H13ClO3/c9-4-2-6-12-8(10)7-3-1-5-11-7/h7H,1-6H2. The van der Waals surface area contributed by atoms with Gasteiger partial charge >= 0.3 is 5.97 Å². The van der Waals surface area contributed by atoms with Crippen LogP contribution in [-0.2, 0) is 14.3 Å². The number of hydrogen-bond donors (Lipinski definition) is 0. The molecule has 0 aromatic carbocycles. The van der Waals surface area contributed by atoms with Crippen molar-refractivity contribution in [2.45, 2.75) is 25.4 Å². The third kappa shape index (κ3) is 2.99. The van der Waals surface area contributed by atoms with Crippen LogP contribution < -0.4 is 0 Å². The van der Waals surface area contributed by atoms with Gasteiger partial charge in [0.2, 0.25) is 0 Å². The molecule has 1 atom stereocenters. The van der Waals surface area contributed by atoms with Crippen LogP contribution >= 0.6 is 11.6 Å². The molecular weight excluding hydrogens is 180 g/mol. The van der Waals surface area contributed by atoms with Crippen LogP contribution in [0, 0.1) is 0 Å². The molecule has 0 aromatic rings. The fourth-order valence-electron chi connectivity index (χ4n) is 1.08. The van der Waals surface area contributed by atoms with E-state index in [1.165, 1.54) is 0 Å². The first-order valence-corrected chi connectivity index (χ1v) is 4.72. The molecule has 0 spiro atoms. The highest BCUT2D eigenvalue weighted by molar-refractivity contribution is 6.17.